The van der Waals surface area contributed by atoms with Gasteiger partial charge in [-0.05, 0) is 30.5 Å². The van der Waals surface area contributed by atoms with E-state index in [1.165, 1.54) is 11.5 Å². The van der Waals surface area contributed by atoms with E-state index in [1.54, 1.807) is 7.11 Å². The van der Waals surface area contributed by atoms with Crippen LogP contribution < -0.4 is 9.64 Å². The Morgan fingerprint density at radius 3 is 2.84 bits per heavy atom. The maximum Gasteiger partial charge on any atom is 0.245 e. The Morgan fingerprint density at radius 2 is 2.06 bits per heavy atom. The molecule has 0 aliphatic carbocycles. The summed E-state index contributed by atoms with van der Waals surface area (Å²) in [7, 11) is 1.67. The number of hydrogen-bond donors (Lipinski definition) is 0. The van der Waals surface area contributed by atoms with Crippen molar-refractivity contribution >= 4 is 22.6 Å². The first-order chi connectivity index (χ1) is 15.2. The summed E-state index contributed by atoms with van der Waals surface area (Å²) in [4.78, 5) is 22.2. The number of piperidine rings is 1. The first-order valence-electron chi connectivity index (χ1n) is 10.9. The summed E-state index contributed by atoms with van der Waals surface area (Å²) in [5.74, 6) is 1.34. The van der Waals surface area contributed by atoms with Crippen LogP contribution in [0.1, 0.15) is 37.1 Å². The van der Waals surface area contributed by atoms with Crippen molar-refractivity contribution in [1.29, 1.82) is 0 Å². The molecule has 9 heteroatoms. The Balaban J connectivity index is 1.23. The van der Waals surface area contributed by atoms with E-state index in [9.17, 15) is 4.79 Å². The Hall–Kier alpha value is -2.23. The number of methoxy groups -OCH3 is 1. The van der Waals surface area contributed by atoms with Crippen LogP contribution in [0.25, 0.3) is 0 Å². The number of hydrogen-bond acceptors (Lipinski definition) is 8. The molecule has 4 heterocycles. The smallest absolute Gasteiger partial charge is 0.245 e. The first-order valence-corrected chi connectivity index (χ1v) is 11.7. The second kappa shape index (κ2) is 8.72. The van der Waals surface area contributed by atoms with Crippen LogP contribution in [-0.4, -0.2) is 72.0 Å². The molecule has 1 amide bonds. The molecule has 1 spiro atoms. The Morgan fingerprint density at radius 1 is 1.26 bits per heavy atom. The molecule has 2 aromatic rings. The lowest BCUT2D eigenvalue weighted by molar-refractivity contribution is -0.187. The van der Waals surface area contributed by atoms with Gasteiger partial charge in [0.15, 0.2) is 5.79 Å². The number of carbonyl (C=O) groups is 1. The molecular weight excluding hydrogens is 416 g/mol. The van der Waals surface area contributed by atoms with E-state index >= 15 is 0 Å². The Bertz CT molecular complexity index is 920. The van der Waals surface area contributed by atoms with Crippen LogP contribution in [0.3, 0.4) is 0 Å². The molecule has 1 aromatic carbocycles. The van der Waals surface area contributed by atoms with Crippen molar-refractivity contribution in [2.24, 2.45) is 0 Å². The minimum Gasteiger partial charge on any atom is -0.497 e. The molecule has 8 nitrogen and oxygen atoms in total. The van der Waals surface area contributed by atoms with Crippen molar-refractivity contribution < 1.29 is 19.0 Å². The largest absolute Gasteiger partial charge is 0.497 e. The van der Waals surface area contributed by atoms with Crippen LogP contribution in [0, 0.1) is 0 Å². The van der Waals surface area contributed by atoms with Gasteiger partial charge >= 0.3 is 0 Å². The Labute approximate surface area is 186 Å². The number of carbonyl (C=O) groups excluding carboxylic acids is 1. The molecule has 3 aliphatic rings. The summed E-state index contributed by atoms with van der Waals surface area (Å²) >= 11 is 1.38. The number of benzene rings is 1. The number of anilines is 1. The third-order valence-electron chi connectivity index (χ3n) is 6.39. The number of ether oxygens (including phenoxy) is 3. The molecule has 3 aliphatic heterocycles. The Kier molecular flexibility index (Phi) is 5.81. The van der Waals surface area contributed by atoms with Crippen LogP contribution >= 0.6 is 11.5 Å². The van der Waals surface area contributed by atoms with E-state index in [0.717, 1.165) is 54.5 Å². The van der Waals surface area contributed by atoms with Gasteiger partial charge in [0.25, 0.3) is 0 Å². The van der Waals surface area contributed by atoms with Gasteiger partial charge in [0.05, 0.1) is 20.3 Å². The van der Waals surface area contributed by atoms with Crippen molar-refractivity contribution in [1.82, 2.24) is 14.3 Å². The SMILES string of the molecule is COc1cccc(Cc2nsc(N3CCCC3C(=O)N3CCC4(CC3)OCCO4)n2)c1. The second-order valence-electron chi connectivity index (χ2n) is 8.31. The average Bonchev–Trinajstić information content (AvgIpc) is 3.55. The third-order valence-corrected chi connectivity index (χ3v) is 7.18. The van der Waals surface area contributed by atoms with E-state index < -0.39 is 5.79 Å². The fourth-order valence-electron chi connectivity index (χ4n) is 4.71. The van der Waals surface area contributed by atoms with E-state index in [0.29, 0.717) is 32.7 Å². The first kappa shape index (κ1) is 20.7. The topological polar surface area (TPSA) is 77.0 Å². The van der Waals surface area contributed by atoms with E-state index in [2.05, 4.69) is 9.27 Å². The molecule has 3 fully saturated rings. The summed E-state index contributed by atoms with van der Waals surface area (Å²) in [5, 5.41) is 0.838. The van der Waals surface area contributed by atoms with Crippen molar-refractivity contribution in [2.45, 2.75) is 43.9 Å². The van der Waals surface area contributed by atoms with Crippen molar-refractivity contribution in [3.63, 3.8) is 0 Å². The molecule has 1 aromatic heterocycles. The lowest BCUT2D eigenvalue weighted by atomic mass is 10.0. The zero-order chi connectivity index (χ0) is 21.3. The lowest BCUT2D eigenvalue weighted by Crippen LogP contribution is -2.52. The summed E-state index contributed by atoms with van der Waals surface area (Å²) in [6.07, 6.45) is 3.99. The van der Waals surface area contributed by atoms with Gasteiger partial charge in [-0.1, -0.05) is 12.1 Å². The number of nitrogens with zero attached hydrogens (tertiary/aromatic N) is 4. The minimum atomic E-state index is -0.458. The summed E-state index contributed by atoms with van der Waals surface area (Å²) in [6, 6.07) is 7.80. The van der Waals surface area contributed by atoms with Crippen LogP contribution in [0.15, 0.2) is 24.3 Å². The molecule has 31 heavy (non-hydrogen) atoms. The molecule has 5 rings (SSSR count). The molecule has 0 bridgehead atoms. The number of amides is 1. The molecule has 0 radical (unpaired) electrons. The van der Waals surface area contributed by atoms with Crippen LogP contribution in [-0.2, 0) is 20.7 Å². The van der Waals surface area contributed by atoms with Gasteiger partial charge in [-0.15, -0.1) is 0 Å². The molecule has 0 N–H and O–H groups in total. The fourth-order valence-corrected chi connectivity index (χ4v) is 5.48. The lowest BCUT2D eigenvalue weighted by Gasteiger charge is -2.39. The van der Waals surface area contributed by atoms with Gasteiger partial charge in [0, 0.05) is 50.4 Å². The maximum absolute atomic E-state index is 13.3. The van der Waals surface area contributed by atoms with E-state index in [4.69, 9.17) is 19.2 Å². The third kappa shape index (κ3) is 4.26. The van der Waals surface area contributed by atoms with Gasteiger partial charge in [-0.2, -0.15) is 4.37 Å². The molecular formula is C22H28N4O4S. The highest BCUT2D eigenvalue weighted by atomic mass is 32.1. The zero-order valence-electron chi connectivity index (χ0n) is 17.8. The highest BCUT2D eigenvalue weighted by Gasteiger charge is 2.43. The van der Waals surface area contributed by atoms with Gasteiger partial charge in [0.2, 0.25) is 11.0 Å². The van der Waals surface area contributed by atoms with Crippen molar-refractivity contribution in [2.75, 3.05) is 44.9 Å². The van der Waals surface area contributed by atoms with Crippen LogP contribution in [0.4, 0.5) is 5.13 Å². The van der Waals surface area contributed by atoms with Gasteiger partial charge < -0.3 is 24.0 Å². The standard InChI is InChI=1S/C22H28N4O4S/c1-28-17-5-2-4-16(14-17)15-19-23-21(31-24-19)26-9-3-6-18(26)20(27)25-10-7-22(8-11-25)29-12-13-30-22/h2,4-5,14,18H,3,6-13,15H2,1H3. The second-order valence-corrected chi connectivity index (χ2v) is 9.04. The number of rotatable bonds is 5. The summed E-state index contributed by atoms with van der Waals surface area (Å²) < 4.78 is 21.5. The molecule has 1 atom stereocenters. The van der Waals surface area contributed by atoms with Crippen LogP contribution in [0.5, 0.6) is 5.75 Å². The normalized spacial score (nSPS) is 22.9. The van der Waals surface area contributed by atoms with Gasteiger partial charge in [-0.25, -0.2) is 4.98 Å². The number of likely N-dealkylation sites (tertiary alicyclic amines) is 1. The van der Waals surface area contributed by atoms with E-state index in [-0.39, 0.29) is 11.9 Å². The molecule has 1 unspecified atom stereocenters. The van der Waals surface area contributed by atoms with Crippen molar-refractivity contribution in [3.05, 3.63) is 35.7 Å². The van der Waals surface area contributed by atoms with E-state index in [1.807, 2.05) is 29.2 Å². The average molecular weight is 445 g/mol. The minimum absolute atomic E-state index is 0.155. The summed E-state index contributed by atoms with van der Waals surface area (Å²) in [6.45, 7) is 3.51. The molecule has 0 saturated carbocycles. The predicted octanol–water partition coefficient (Wildman–Crippen LogP) is 2.47. The molecule has 166 valence electrons. The number of aromatic nitrogens is 2. The fraction of sp³-hybridized carbons (Fsp3) is 0.591. The highest BCUT2D eigenvalue weighted by molar-refractivity contribution is 7.09. The van der Waals surface area contributed by atoms with Gasteiger partial charge in [0.1, 0.15) is 17.6 Å². The zero-order valence-corrected chi connectivity index (χ0v) is 18.6. The quantitative estimate of drug-likeness (QED) is 0.701. The maximum atomic E-state index is 13.3. The predicted molar refractivity (Wildman–Crippen MR) is 117 cm³/mol. The molecule has 3 saturated heterocycles. The van der Waals surface area contributed by atoms with Crippen molar-refractivity contribution in [3.8, 4) is 5.75 Å². The highest BCUT2D eigenvalue weighted by Crippen LogP contribution is 2.33. The summed E-state index contributed by atoms with van der Waals surface area (Å²) in [5.41, 5.74) is 1.11. The monoisotopic (exact) mass is 444 g/mol. The van der Waals surface area contributed by atoms with Gasteiger partial charge in [-0.3, -0.25) is 4.79 Å². The van der Waals surface area contributed by atoms with Crippen LogP contribution in [0.2, 0.25) is 0 Å².